The lowest BCUT2D eigenvalue weighted by Crippen LogP contribution is -2.37. The van der Waals surface area contributed by atoms with Gasteiger partial charge in [-0.3, -0.25) is 4.79 Å². The summed E-state index contributed by atoms with van der Waals surface area (Å²) in [4.78, 5) is 13.3. The molecule has 2 aromatic rings. The zero-order valence-electron chi connectivity index (χ0n) is 16.6. The zero-order valence-corrected chi connectivity index (χ0v) is 16.6. The first kappa shape index (κ1) is 21.2. The van der Waals surface area contributed by atoms with Gasteiger partial charge in [0.25, 0.3) is 0 Å². The van der Waals surface area contributed by atoms with Crippen molar-refractivity contribution in [2.75, 3.05) is 11.4 Å². The Morgan fingerprint density at radius 3 is 2.45 bits per heavy atom. The van der Waals surface area contributed by atoms with E-state index in [9.17, 15) is 23.1 Å². The van der Waals surface area contributed by atoms with E-state index < -0.39 is 17.7 Å². The van der Waals surface area contributed by atoms with Crippen LogP contribution in [0.2, 0.25) is 0 Å². The van der Waals surface area contributed by atoms with E-state index in [2.05, 4.69) is 18.7 Å². The van der Waals surface area contributed by atoms with Crippen molar-refractivity contribution in [1.29, 1.82) is 0 Å². The molecule has 6 heteroatoms. The Labute approximate surface area is 169 Å². The lowest BCUT2D eigenvalue weighted by molar-refractivity contribution is -0.138. The highest BCUT2D eigenvalue weighted by Gasteiger charge is 2.34. The summed E-state index contributed by atoms with van der Waals surface area (Å²) >= 11 is 0. The van der Waals surface area contributed by atoms with Crippen molar-refractivity contribution in [1.82, 2.24) is 0 Å². The molecule has 3 rings (SSSR count). The Bertz CT molecular complexity index is 846. The average Bonchev–Trinajstić information content (AvgIpc) is 2.67. The molecule has 1 aliphatic rings. The summed E-state index contributed by atoms with van der Waals surface area (Å²) in [5.74, 6) is -0.532. The van der Waals surface area contributed by atoms with Crippen molar-refractivity contribution < 1.29 is 23.1 Å². The summed E-state index contributed by atoms with van der Waals surface area (Å²) in [7, 11) is 0. The molecule has 1 aliphatic heterocycles. The Balaban J connectivity index is 1.95. The first-order valence-corrected chi connectivity index (χ1v) is 9.90. The fourth-order valence-corrected chi connectivity index (χ4v) is 4.07. The largest absolute Gasteiger partial charge is 0.481 e. The Kier molecular flexibility index (Phi) is 6.20. The molecule has 0 unspecified atom stereocenters. The highest BCUT2D eigenvalue weighted by molar-refractivity contribution is 5.67. The van der Waals surface area contributed by atoms with Gasteiger partial charge < -0.3 is 10.0 Å². The van der Waals surface area contributed by atoms with Crippen LogP contribution in [-0.2, 0) is 11.0 Å². The molecule has 0 saturated carbocycles. The van der Waals surface area contributed by atoms with Gasteiger partial charge in [0.15, 0.2) is 0 Å². The number of alkyl halides is 3. The molecular formula is C23H26F3NO2. The third kappa shape index (κ3) is 5.11. The lowest BCUT2D eigenvalue weighted by Gasteiger charge is -2.41. The second kappa shape index (κ2) is 8.47. The molecule has 0 spiro atoms. The molecule has 0 amide bonds. The highest BCUT2D eigenvalue weighted by Crippen LogP contribution is 2.40. The van der Waals surface area contributed by atoms with Crippen LogP contribution in [0.5, 0.6) is 0 Å². The standard InChI is InChI=1S/C23H26F3NO2/c1-15(2)17-6-8-20(9-7-17)27-11-10-16(13-22(28)29)12-21(27)18-4-3-5-19(14-18)23(24,25)26/h3-9,14-16,21H,10-13H2,1-2H3,(H,28,29)/t16-,21+/m1/s1. The molecule has 1 saturated heterocycles. The molecule has 156 valence electrons. The minimum absolute atomic E-state index is 0.0373. The topological polar surface area (TPSA) is 40.5 Å². The van der Waals surface area contributed by atoms with Crippen LogP contribution in [0.25, 0.3) is 0 Å². The summed E-state index contributed by atoms with van der Waals surface area (Å²) in [5.41, 5.74) is 2.05. The van der Waals surface area contributed by atoms with E-state index in [0.29, 0.717) is 30.9 Å². The van der Waals surface area contributed by atoms with Gasteiger partial charge in [0, 0.05) is 18.7 Å². The van der Waals surface area contributed by atoms with E-state index >= 15 is 0 Å². The number of benzene rings is 2. The maximum absolute atomic E-state index is 13.2. The van der Waals surface area contributed by atoms with E-state index in [4.69, 9.17) is 0 Å². The van der Waals surface area contributed by atoms with Gasteiger partial charge in [-0.05, 0) is 60.1 Å². The van der Waals surface area contributed by atoms with Crippen molar-refractivity contribution in [3.63, 3.8) is 0 Å². The number of carbonyl (C=O) groups is 1. The van der Waals surface area contributed by atoms with Gasteiger partial charge in [0.05, 0.1) is 11.6 Å². The number of piperidine rings is 1. The molecule has 29 heavy (non-hydrogen) atoms. The van der Waals surface area contributed by atoms with Crippen LogP contribution < -0.4 is 4.90 Å². The van der Waals surface area contributed by atoms with Gasteiger partial charge in [-0.25, -0.2) is 0 Å². The number of carboxylic acids is 1. The number of nitrogens with zero attached hydrogens (tertiary/aromatic N) is 1. The summed E-state index contributed by atoms with van der Waals surface area (Å²) < 4.78 is 39.7. The predicted octanol–water partition coefficient (Wildman–Crippen LogP) is 6.26. The van der Waals surface area contributed by atoms with E-state index in [-0.39, 0.29) is 18.4 Å². The SMILES string of the molecule is CC(C)c1ccc(N2CC[C@@H](CC(=O)O)C[C@H]2c2cccc(C(F)(F)F)c2)cc1. The minimum Gasteiger partial charge on any atom is -0.481 e. The smallest absolute Gasteiger partial charge is 0.416 e. The molecule has 0 aliphatic carbocycles. The number of anilines is 1. The van der Waals surface area contributed by atoms with Crippen molar-refractivity contribution in [2.45, 2.75) is 51.2 Å². The summed E-state index contributed by atoms with van der Waals surface area (Å²) in [6, 6.07) is 13.2. The molecule has 0 aromatic heterocycles. The lowest BCUT2D eigenvalue weighted by atomic mass is 9.84. The molecule has 1 fully saturated rings. The van der Waals surface area contributed by atoms with Crippen LogP contribution in [-0.4, -0.2) is 17.6 Å². The van der Waals surface area contributed by atoms with Crippen LogP contribution in [0.15, 0.2) is 48.5 Å². The fraction of sp³-hybridized carbons (Fsp3) is 0.435. The minimum atomic E-state index is -4.41. The summed E-state index contributed by atoms with van der Waals surface area (Å²) in [6.45, 7) is 4.83. The Morgan fingerprint density at radius 1 is 1.17 bits per heavy atom. The van der Waals surface area contributed by atoms with Crippen LogP contribution in [0.4, 0.5) is 18.9 Å². The van der Waals surface area contributed by atoms with Gasteiger partial charge in [-0.15, -0.1) is 0 Å². The van der Waals surface area contributed by atoms with Gasteiger partial charge in [-0.1, -0.05) is 38.1 Å². The van der Waals surface area contributed by atoms with Crippen LogP contribution in [0.1, 0.15) is 61.8 Å². The monoisotopic (exact) mass is 405 g/mol. The quantitative estimate of drug-likeness (QED) is 0.638. The molecule has 1 N–H and O–H groups in total. The number of hydrogen-bond donors (Lipinski definition) is 1. The second-order valence-corrected chi connectivity index (χ2v) is 8.07. The van der Waals surface area contributed by atoms with E-state index in [1.807, 2.05) is 24.3 Å². The summed E-state index contributed by atoms with van der Waals surface area (Å²) in [5, 5.41) is 9.18. The third-order valence-corrected chi connectivity index (χ3v) is 5.66. The maximum atomic E-state index is 13.2. The Morgan fingerprint density at radius 2 is 1.86 bits per heavy atom. The number of aliphatic carboxylic acids is 1. The molecular weight excluding hydrogens is 379 g/mol. The maximum Gasteiger partial charge on any atom is 0.416 e. The van der Waals surface area contributed by atoms with Crippen LogP contribution in [0, 0.1) is 5.92 Å². The van der Waals surface area contributed by atoms with E-state index in [1.165, 1.54) is 17.7 Å². The number of rotatable bonds is 5. The van der Waals surface area contributed by atoms with Crippen LogP contribution >= 0.6 is 0 Å². The molecule has 3 nitrogen and oxygen atoms in total. The van der Waals surface area contributed by atoms with Crippen LogP contribution in [0.3, 0.4) is 0 Å². The second-order valence-electron chi connectivity index (χ2n) is 8.07. The fourth-order valence-electron chi connectivity index (χ4n) is 4.07. The molecule has 0 radical (unpaired) electrons. The first-order valence-electron chi connectivity index (χ1n) is 9.90. The van der Waals surface area contributed by atoms with E-state index in [0.717, 1.165) is 11.8 Å². The van der Waals surface area contributed by atoms with Crippen molar-refractivity contribution >= 4 is 11.7 Å². The van der Waals surface area contributed by atoms with Gasteiger partial charge in [-0.2, -0.15) is 13.2 Å². The van der Waals surface area contributed by atoms with Crippen molar-refractivity contribution in [3.05, 3.63) is 65.2 Å². The average molecular weight is 405 g/mol. The van der Waals surface area contributed by atoms with Gasteiger partial charge in [0.1, 0.15) is 0 Å². The molecule has 1 heterocycles. The Hall–Kier alpha value is -2.50. The number of carboxylic acid groups (broad SMARTS) is 1. The van der Waals surface area contributed by atoms with Crippen molar-refractivity contribution in [2.24, 2.45) is 5.92 Å². The third-order valence-electron chi connectivity index (χ3n) is 5.66. The summed E-state index contributed by atoms with van der Waals surface area (Å²) in [6.07, 6.45) is -3.16. The van der Waals surface area contributed by atoms with Gasteiger partial charge >= 0.3 is 12.1 Å². The molecule has 2 atom stereocenters. The number of hydrogen-bond acceptors (Lipinski definition) is 2. The highest BCUT2D eigenvalue weighted by atomic mass is 19.4. The normalized spacial score (nSPS) is 20.1. The predicted molar refractivity (Wildman–Crippen MR) is 107 cm³/mol. The van der Waals surface area contributed by atoms with Gasteiger partial charge in [0.2, 0.25) is 0 Å². The zero-order chi connectivity index (χ0) is 21.2. The van der Waals surface area contributed by atoms with E-state index in [1.54, 1.807) is 6.07 Å². The number of halogens is 3. The molecule has 2 aromatic carbocycles. The van der Waals surface area contributed by atoms with Crippen molar-refractivity contribution in [3.8, 4) is 0 Å². The molecule has 0 bridgehead atoms. The first-order chi connectivity index (χ1) is 13.6.